The zero-order valence-electron chi connectivity index (χ0n) is 9.65. The summed E-state index contributed by atoms with van der Waals surface area (Å²) in [6.45, 7) is -0.445. The second-order valence-corrected chi connectivity index (χ2v) is 5.01. The number of carbonyl (C=O) groups excluding carboxylic acids is 1. The first-order valence-corrected chi connectivity index (χ1v) is 5.94. The first-order valence-electron chi connectivity index (χ1n) is 5.14. The van der Waals surface area contributed by atoms with Crippen LogP contribution in [0.5, 0.6) is 0 Å². The highest BCUT2D eigenvalue weighted by atomic mass is 79.9. The van der Waals surface area contributed by atoms with E-state index in [-0.39, 0.29) is 0 Å². The SMILES string of the molecule is O=C(NCc1ccccc1)C(Br)(C(F)(F)F)C(F)(F)F. The molecule has 0 heterocycles. The predicted octanol–water partition coefficient (Wildman–Crippen LogP) is 3.56. The number of benzene rings is 1. The number of nitrogens with one attached hydrogen (secondary N) is 1. The highest BCUT2D eigenvalue weighted by Crippen LogP contribution is 2.49. The highest BCUT2D eigenvalue weighted by Gasteiger charge is 2.74. The maximum Gasteiger partial charge on any atom is 0.421 e. The second-order valence-electron chi connectivity index (χ2n) is 3.82. The molecule has 0 radical (unpaired) electrons. The minimum Gasteiger partial charge on any atom is -0.350 e. The zero-order valence-corrected chi connectivity index (χ0v) is 11.2. The Morgan fingerprint density at radius 3 is 1.85 bits per heavy atom. The fourth-order valence-corrected chi connectivity index (χ4v) is 1.46. The Balaban J connectivity index is 2.92. The zero-order chi connectivity index (χ0) is 15.6. The molecule has 0 atom stereocenters. The van der Waals surface area contributed by atoms with Crippen LogP contribution in [0.2, 0.25) is 0 Å². The van der Waals surface area contributed by atoms with Gasteiger partial charge in [-0.3, -0.25) is 4.79 Å². The van der Waals surface area contributed by atoms with Crippen LogP contribution in [0.1, 0.15) is 5.56 Å². The maximum absolute atomic E-state index is 12.5. The average Bonchev–Trinajstić information content (AvgIpc) is 2.33. The predicted molar refractivity (Wildman–Crippen MR) is 62.1 cm³/mol. The van der Waals surface area contributed by atoms with Crippen molar-refractivity contribution in [2.75, 3.05) is 0 Å². The molecule has 0 spiro atoms. The van der Waals surface area contributed by atoms with Crippen LogP contribution in [0.25, 0.3) is 0 Å². The van der Waals surface area contributed by atoms with Gasteiger partial charge in [0, 0.05) is 6.54 Å². The Bertz CT molecular complexity index is 456. The van der Waals surface area contributed by atoms with Crippen molar-refractivity contribution in [3.05, 3.63) is 35.9 Å². The van der Waals surface area contributed by atoms with Gasteiger partial charge in [0.15, 0.2) is 0 Å². The van der Waals surface area contributed by atoms with Crippen LogP contribution in [0.15, 0.2) is 30.3 Å². The molecule has 20 heavy (non-hydrogen) atoms. The Morgan fingerprint density at radius 2 is 1.45 bits per heavy atom. The lowest BCUT2D eigenvalue weighted by Crippen LogP contribution is -2.61. The van der Waals surface area contributed by atoms with Gasteiger partial charge in [-0.15, -0.1) is 0 Å². The fourth-order valence-electron chi connectivity index (χ4n) is 1.32. The van der Waals surface area contributed by atoms with Crippen molar-refractivity contribution in [1.82, 2.24) is 5.32 Å². The van der Waals surface area contributed by atoms with Crippen molar-refractivity contribution in [2.45, 2.75) is 23.2 Å². The van der Waals surface area contributed by atoms with Gasteiger partial charge in [-0.25, -0.2) is 0 Å². The smallest absolute Gasteiger partial charge is 0.350 e. The van der Waals surface area contributed by atoms with Crippen LogP contribution in [0.3, 0.4) is 0 Å². The van der Waals surface area contributed by atoms with Gasteiger partial charge in [0.2, 0.25) is 0 Å². The number of rotatable bonds is 3. The van der Waals surface area contributed by atoms with Crippen molar-refractivity contribution in [3.8, 4) is 0 Å². The lowest BCUT2D eigenvalue weighted by molar-refractivity contribution is -0.255. The number of amides is 1. The lowest BCUT2D eigenvalue weighted by atomic mass is 10.1. The van der Waals surface area contributed by atoms with E-state index in [1.54, 1.807) is 11.4 Å². The summed E-state index contributed by atoms with van der Waals surface area (Å²) < 4.78 is 70.7. The van der Waals surface area contributed by atoms with Crippen LogP contribution in [-0.2, 0) is 11.3 Å². The number of alkyl halides is 7. The summed E-state index contributed by atoms with van der Waals surface area (Å²) >= 11 is 1.50. The summed E-state index contributed by atoms with van der Waals surface area (Å²) in [5.41, 5.74) is 0.375. The maximum atomic E-state index is 12.5. The first kappa shape index (κ1) is 16.8. The van der Waals surface area contributed by atoms with E-state index in [9.17, 15) is 31.1 Å². The summed E-state index contributed by atoms with van der Waals surface area (Å²) in [6.07, 6.45) is -11.6. The summed E-state index contributed by atoms with van der Waals surface area (Å²) in [5.74, 6) is -2.21. The molecule has 0 bridgehead atoms. The van der Waals surface area contributed by atoms with Crippen LogP contribution >= 0.6 is 15.9 Å². The van der Waals surface area contributed by atoms with E-state index in [1.807, 2.05) is 0 Å². The third-order valence-electron chi connectivity index (χ3n) is 2.39. The molecule has 0 aromatic heterocycles. The first-order chi connectivity index (χ1) is 9.00. The molecule has 1 rings (SSSR count). The minimum absolute atomic E-state index is 0.375. The fraction of sp³-hybridized carbons (Fsp3) is 0.364. The van der Waals surface area contributed by atoms with Gasteiger partial charge in [-0.1, -0.05) is 46.3 Å². The molecular weight excluding hydrogens is 356 g/mol. The van der Waals surface area contributed by atoms with Gasteiger partial charge in [-0.05, 0) is 5.56 Å². The van der Waals surface area contributed by atoms with Gasteiger partial charge in [0.05, 0.1) is 0 Å². The van der Waals surface area contributed by atoms with Crippen LogP contribution in [-0.4, -0.2) is 22.6 Å². The second kappa shape index (κ2) is 5.63. The molecule has 0 aliphatic heterocycles. The number of carbonyl (C=O) groups is 1. The molecule has 0 saturated carbocycles. The number of halogens is 7. The van der Waals surface area contributed by atoms with E-state index in [2.05, 4.69) is 0 Å². The molecule has 0 fully saturated rings. The third-order valence-corrected chi connectivity index (χ3v) is 3.65. The van der Waals surface area contributed by atoms with Crippen LogP contribution < -0.4 is 5.32 Å². The van der Waals surface area contributed by atoms with Gasteiger partial charge in [0.1, 0.15) is 0 Å². The largest absolute Gasteiger partial charge is 0.421 e. The molecule has 0 aliphatic rings. The van der Waals surface area contributed by atoms with E-state index < -0.39 is 29.1 Å². The van der Waals surface area contributed by atoms with Crippen molar-refractivity contribution in [3.63, 3.8) is 0 Å². The van der Waals surface area contributed by atoms with E-state index in [0.29, 0.717) is 5.56 Å². The van der Waals surface area contributed by atoms with Crippen molar-refractivity contribution in [2.24, 2.45) is 0 Å². The van der Waals surface area contributed by atoms with Crippen molar-refractivity contribution in [1.29, 1.82) is 0 Å². The molecule has 2 nitrogen and oxygen atoms in total. The highest BCUT2D eigenvalue weighted by molar-refractivity contribution is 9.10. The third kappa shape index (κ3) is 3.25. The lowest BCUT2D eigenvalue weighted by Gasteiger charge is -2.30. The van der Waals surface area contributed by atoms with Gasteiger partial charge >= 0.3 is 12.4 Å². The van der Waals surface area contributed by atoms with Crippen molar-refractivity contribution < 1.29 is 31.1 Å². The van der Waals surface area contributed by atoms with Gasteiger partial charge in [0.25, 0.3) is 10.2 Å². The average molecular weight is 364 g/mol. The normalized spacial score (nSPS) is 13.2. The molecule has 9 heteroatoms. The topological polar surface area (TPSA) is 29.1 Å². The van der Waals surface area contributed by atoms with Crippen molar-refractivity contribution >= 4 is 21.8 Å². The molecular formula is C11H8BrF6NO. The molecule has 0 aliphatic carbocycles. The number of hydrogen-bond acceptors (Lipinski definition) is 1. The van der Waals surface area contributed by atoms with E-state index in [0.717, 1.165) is 0 Å². The molecule has 1 amide bonds. The summed E-state index contributed by atoms with van der Waals surface area (Å²) in [5, 5.41) is 1.63. The Kier molecular flexibility index (Phi) is 4.73. The molecule has 112 valence electrons. The quantitative estimate of drug-likeness (QED) is 0.645. The molecule has 1 aromatic carbocycles. The van der Waals surface area contributed by atoms with Gasteiger partial charge in [-0.2, -0.15) is 26.3 Å². The van der Waals surface area contributed by atoms with E-state index >= 15 is 0 Å². The monoisotopic (exact) mass is 363 g/mol. The molecule has 1 aromatic rings. The van der Waals surface area contributed by atoms with Crippen LogP contribution in [0, 0.1) is 0 Å². The standard InChI is InChI=1S/C11H8BrF6NO/c12-9(10(13,14)15,11(16,17)18)8(20)19-6-7-4-2-1-3-5-7/h1-5H,6H2,(H,19,20). The Labute approximate surface area is 118 Å². The van der Waals surface area contributed by atoms with E-state index in [1.165, 1.54) is 40.2 Å². The molecule has 0 unspecified atom stereocenters. The number of hydrogen-bond donors (Lipinski definition) is 1. The van der Waals surface area contributed by atoms with Gasteiger partial charge < -0.3 is 5.32 Å². The molecule has 1 N–H and O–H groups in total. The minimum atomic E-state index is -5.81. The Hall–Kier alpha value is -1.25. The van der Waals surface area contributed by atoms with Crippen LogP contribution in [0.4, 0.5) is 26.3 Å². The Morgan fingerprint density at radius 1 is 1.00 bits per heavy atom. The molecule has 0 saturated heterocycles. The van der Waals surface area contributed by atoms with E-state index in [4.69, 9.17) is 0 Å². The summed E-state index contributed by atoms with van der Waals surface area (Å²) in [6, 6.07) is 7.60. The summed E-state index contributed by atoms with van der Waals surface area (Å²) in [7, 11) is 0. The summed E-state index contributed by atoms with van der Waals surface area (Å²) in [4.78, 5) is 11.3.